The molecule has 154 valence electrons. The molecule has 0 amide bonds. The topological polar surface area (TPSA) is 54.8 Å². The van der Waals surface area contributed by atoms with Gasteiger partial charge in [0, 0.05) is 67.5 Å². The number of benzene rings is 1. The quantitative estimate of drug-likeness (QED) is 0.493. The van der Waals surface area contributed by atoms with Gasteiger partial charge in [-0.2, -0.15) is 0 Å². The molecule has 5 nitrogen and oxygen atoms in total. The zero-order chi connectivity index (χ0) is 21.2. The monoisotopic (exact) mass is 415 g/mol. The predicted molar refractivity (Wildman–Crippen MR) is 113 cm³/mol. The van der Waals surface area contributed by atoms with Crippen molar-refractivity contribution in [2.75, 3.05) is 6.54 Å². The lowest BCUT2D eigenvalue weighted by Gasteiger charge is -2.28. The molecule has 0 aliphatic carbocycles. The van der Waals surface area contributed by atoms with E-state index >= 15 is 0 Å². The maximum Gasteiger partial charge on any atom is 0.159 e. The van der Waals surface area contributed by atoms with Crippen LogP contribution in [0.5, 0.6) is 0 Å². The summed E-state index contributed by atoms with van der Waals surface area (Å²) in [6, 6.07) is 10.8. The summed E-state index contributed by atoms with van der Waals surface area (Å²) >= 11 is 0. The lowest BCUT2D eigenvalue weighted by atomic mass is 10.1. The molecule has 0 unspecified atom stereocenters. The normalized spacial score (nSPS) is 13.7. The minimum Gasteiger partial charge on any atom is -0.294 e. The molecular formula is C24H19F2N5. The highest BCUT2D eigenvalue weighted by Gasteiger charge is 2.19. The van der Waals surface area contributed by atoms with Crippen LogP contribution in [0.4, 0.5) is 8.78 Å². The Morgan fingerprint density at radius 2 is 1.81 bits per heavy atom. The molecule has 0 atom stereocenters. The van der Waals surface area contributed by atoms with Crippen molar-refractivity contribution in [2.24, 2.45) is 0 Å². The molecular weight excluding hydrogens is 396 g/mol. The largest absolute Gasteiger partial charge is 0.294 e. The van der Waals surface area contributed by atoms with Crippen molar-refractivity contribution in [3.63, 3.8) is 0 Å². The molecule has 0 fully saturated rings. The number of rotatable bonds is 4. The highest BCUT2D eigenvalue weighted by Crippen LogP contribution is 2.24. The minimum absolute atomic E-state index is 0.167. The van der Waals surface area contributed by atoms with Gasteiger partial charge in [0.2, 0.25) is 0 Å². The van der Waals surface area contributed by atoms with Crippen molar-refractivity contribution in [1.29, 1.82) is 0 Å². The lowest BCUT2D eigenvalue weighted by molar-refractivity contribution is 0.242. The van der Waals surface area contributed by atoms with E-state index in [1.54, 1.807) is 24.7 Å². The summed E-state index contributed by atoms with van der Waals surface area (Å²) in [6.07, 6.45) is 7.94. The molecule has 31 heavy (non-hydrogen) atoms. The SMILES string of the molecule is Fc1ccc(F)c(-c2ccc(CN3CCc4nc(-c5ccncc5)ncc4C3)cn2)c1. The van der Waals surface area contributed by atoms with E-state index in [9.17, 15) is 8.78 Å². The number of fused-ring (bicyclic) bond motifs is 1. The molecule has 1 aromatic carbocycles. The van der Waals surface area contributed by atoms with E-state index in [1.165, 1.54) is 6.07 Å². The second-order valence-corrected chi connectivity index (χ2v) is 7.54. The average molecular weight is 415 g/mol. The fourth-order valence-electron chi connectivity index (χ4n) is 3.78. The first-order valence-corrected chi connectivity index (χ1v) is 10.0. The molecule has 7 heteroatoms. The predicted octanol–water partition coefficient (Wildman–Crippen LogP) is 4.44. The Balaban J connectivity index is 1.28. The Hall–Kier alpha value is -3.58. The van der Waals surface area contributed by atoms with Crippen molar-refractivity contribution in [1.82, 2.24) is 24.8 Å². The van der Waals surface area contributed by atoms with E-state index in [4.69, 9.17) is 4.98 Å². The third kappa shape index (κ3) is 4.18. The van der Waals surface area contributed by atoms with Crippen LogP contribution < -0.4 is 0 Å². The van der Waals surface area contributed by atoms with Gasteiger partial charge >= 0.3 is 0 Å². The van der Waals surface area contributed by atoms with Crippen molar-refractivity contribution < 1.29 is 8.78 Å². The molecule has 0 spiro atoms. The van der Waals surface area contributed by atoms with Crippen molar-refractivity contribution >= 4 is 0 Å². The number of hydrogen-bond donors (Lipinski definition) is 0. The zero-order valence-corrected chi connectivity index (χ0v) is 16.7. The van der Waals surface area contributed by atoms with Crippen molar-refractivity contribution in [2.45, 2.75) is 19.5 Å². The van der Waals surface area contributed by atoms with Gasteiger partial charge in [-0.25, -0.2) is 18.7 Å². The summed E-state index contributed by atoms with van der Waals surface area (Å²) in [5, 5.41) is 0. The molecule has 0 saturated carbocycles. The van der Waals surface area contributed by atoms with E-state index < -0.39 is 11.6 Å². The van der Waals surface area contributed by atoms with Gasteiger partial charge in [-0.3, -0.25) is 14.9 Å². The van der Waals surface area contributed by atoms with E-state index in [1.807, 2.05) is 24.4 Å². The van der Waals surface area contributed by atoms with Crippen LogP contribution in [0.15, 0.2) is 67.3 Å². The van der Waals surface area contributed by atoms with Crippen LogP contribution in [0.25, 0.3) is 22.6 Å². The number of pyridine rings is 2. The number of hydrogen-bond acceptors (Lipinski definition) is 5. The van der Waals surface area contributed by atoms with Gasteiger partial charge in [0.25, 0.3) is 0 Å². The summed E-state index contributed by atoms with van der Waals surface area (Å²) < 4.78 is 27.4. The van der Waals surface area contributed by atoms with E-state index in [0.717, 1.165) is 59.9 Å². The maximum atomic E-state index is 14.0. The molecule has 3 aromatic heterocycles. The fraction of sp³-hybridized carbons (Fsp3) is 0.167. The Kier molecular flexibility index (Phi) is 5.18. The van der Waals surface area contributed by atoms with Crippen LogP contribution in [-0.2, 0) is 19.5 Å². The molecule has 0 saturated heterocycles. The smallest absolute Gasteiger partial charge is 0.159 e. The van der Waals surface area contributed by atoms with Crippen LogP contribution in [-0.4, -0.2) is 31.4 Å². The summed E-state index contributed by atoms with van der Waals surface area (Å²) in [4.78, 5) is 19.9. The molecule has 0 bridgehead atoms. The highest BCUT2D eigenvalue weighted by atomic mass is 19.1. The van der Waals surface area contributed by atoms with E-state index in [2.05, 4.69) is 19.9 Å². The van der Waals surface area contributed by atoms with Crippen molar-refractivity contribution in [3.8, 4) is 22.6 Å². The van der Waals surface area contributed by atoms with Crippen molar-refractivity contribution in [3.05, 3.63) is 95.7 Å². The van der Waals surface area contributed by atoms with Gasteiger partial charge in [0.05, 0.1) is 11.4 Å². The summed E-state index contributed by atoms with van der Waals surface area (Å²) in [6.45, 7) is 2.34. The Labute approximate surface area is 178 Å². The van der Waals surface area contributed by atoms with E-state index in [0.29, 0.717) is 12.2 Å². The van der Waals surface area contributed by atoms with Gasteiger partial charge in [-0.15, -0.1) is 0 Å². The molecule has 5 rings (SSSR count). The minimum atomic E-state index is -0.486. The van der Waals surface area contributed by atoms with Crippen LogP contribution >= 0.6 is 0 Å². The standard InChI is InChI=1S/C24H19F2N5/c25-19-2-3-21(26)20(11-19)23-4-1-16(12-28-23)14-31-10-7-22-18(15-31)13-29-24(30-22)17-5-8-27-9-6-17/h1-6,8-9,11-13H,7,10,14-15H2. The zero-order valence-electron chi connectivity index (χ0n) is 16.7. The second-order valence-electron chi connectivity index (χ2n) is 7.54. The molecule has 1 aliphatic heterocycles. The van der Waals surface area contributed by atoms with Gasteiger partial charge in [-0.1, -0.05) is 6.07 Å². The van der Waals surface area contributed by atoms with Gasteiger partial charge in [-0.05, 0) is 42.0 Å². The fourth-order valence-corrected chi connectivity index (χ4v) is 3.78. The van der Waals surface area contributed by atoms with Gasteiger partial charge in [0.15, 0.2) is 5.82 Å². The first kappa shape index (κ1) is 19.4. The lowest BCUT2D eigenvalue weighted by Crippen LogP contribution is -2.31. The van der Waals surface area contributed by atoms with Crippen LogP contribution in [0.2, 0.25) is 0 Å². The first-order chi connectivity index (χ1) is 15.2. The highest BCUT2D eigenvalue weighted by molar-refractivity contribution is 5.60. The molecule has 0 radical (unpaired) electrons. The molecule has 1 aliphatic rings. The summed E-state index contributed by atoms with van der Waals surface area (Å²) in [7, 11) is 0. The third-order valence-electron chi connectivity index (χ3n) is 5.39. The molecule has 4 heterocycles. The maximum absolute atomic E-state index is 14.0. The number of aromatic nitrogens is 4. The number of nitrogens with zero attached hydrogens (tertiary/aromatic N) is 5. The average Bonchev–Trinajstić information content (AvgIpc) is 2.81. The third-order valence-corrected chi connectivity index (χ3v) is 5.39. The Morgan fingerprint density at radius 1 is 0.935 bits per heavy atom. The first-order valence-electron chi connectivity index (χ1n) is 10.0. The van der Waals surface area contributed by atoms with E-state index in [-0.39, 0.29) is 5.56 Å². The molecule has 0 N–H and O–H groups in total. The van der Waals surface area contributed by atoms with Crippen LogP contribution in [0.1, 0.15) is 16.8 Å². The van der Waals surface area contributed by atoms with Gasteiger partial charge < -0.3 is 0 Å². The Bertz CT molecular complexity index is 1210. The molecule has 4 aromatic rings. The summed E-state index contributed by atoms with van der Waals surface area (Å²) in [5.41, 5.74) is 4.76. The van der Waals surface area contributed by atoms with Crippen LogP contribution in [0.3, 0.4) is 0 Å². The van der Waals surface area contributed by atoms with Gasteiger partial charge in [0.1, 0.15) is 11.6 Å². The Morgan fingerprint density at radius 3 is 2.61 bits per heavy atom. The summed E-state index contributed by atoms with van der Waals surface area (Å²) in [5.74, 6) is -0.247. The number of halogens is 2. The van der Waals surface area contributed by atoms with Crippen LogP contribution in [0, 0.1) is 11.6 Å². The second kappa shape index (κ2) is 8.28.